The number of phenols is 1. The molecule has 1 unspecified atom stereocenters. The first kappa shape index (κ1) is 12.4. The average molecular weight is 227 g/mol. The van der Waals surface area contributed by atoms with E-state index in [1.54, 1.807) is 19.1 Å². The smallest absolute Gasteiger partial charge is 0.323 e. The lowest BCUT2D eigenvalue weighted by Crippen LogP contribution is -2.37. The van der Waals surface area contributed by atoms with E-state index in [2.05, 4.69) is 0 Å². The molecule has 0 radical (unpaired) electrons. The van der Waals surface area contributed by atoms with Gasteiger partial charge in [-0.15, -0.1) is 9.60 Å². The predicted octanol–water partition coefficient (Wildman–Crippen LogP) is 1.59. The van der Waals surface area contributed by atoms with Crippen molar-refractivity contribution in [1.82, 2.24) is 5.12 Å². The van der Waals surface area contributed by atoms with Crippen molar-refractivity contribution in [3.8, 4) is 5.75 Å². The lowest BCUT2D eigenvalue weighted by atomic mass is 10.1. The van der Waals surface area contributed by atoms with Crippen molar-refractivity contribution in [1.29, 1.82) is 0 Å². The molecule has 0 bridgehead atoms. The Kier molecular flexibility index (Phi) is 4.25. The minimum atomic E-state index is -1.20. The Morgan fingerprint density at radius 2 is 2.00 bits per heavy atom. The molecule has 16 heavy (non-hydrogen) atoms. The van der Waals surface area contributed by atoms with Gasteiger partial charge in [-0.2, -0.15) is 0 Å². The van der Waals surface area contributed by atoms with Crippen LogP contribution in [0.4, 0.5) is 4.48 Å². The molecule has 0 heterocycles. The van der Waals surface area contributed by atoms with E-state index in [4.69, 9.17) is 10.2 Å². The second-order valence-electron chi connectivity index (χ2n) is 3.44. The Bertz CT molecular complexity index is 353. The summed E-state index contributed by atoms with van der Waals surface area (Å²) in [5.74, 6) is -1.10. The van der Waals surface area contributed by atoms with Gasteiger partial charge in [0.15, 0.2) is 0 Å². The Morgan fingerprint density at radius 1 is 1.44 bits per heavy atom. The van der Waals surface area contributed by atoms with Crippen molar-refractivity contribution >= 4 is 5.97 Å². The number of hydrogen-bond donors (Lipinski definition) is 2. The molecule has 0 spiro atoms. The van der Waals surface area contributed by atoms with Gasteiger partial charge < -0.3 is 10.2 Å². The number of likely N-dealkylation sites (N-methyl/N-ethyl adjacent to an activating group) is 1. The third-order valence-corrected chi connectivity index (χ3v) is 2.29. The van der Waals surface area contributed by atoms with Crippen LogP contribution in [0.25, 0.3) is 0 Å². The summed E-state index contributed by atoms with van der Waals surface area (Å²) in [7, 11) is 0. The van der Waals surface area contributed by atoms with Crippen LogP contribution in [-0.4, -0.2) is 33.9 Å². The van der Waals surface area contributed by atoms with E-state index in [1.165, 1.54) is 12.1 Å². The van der Waals surface area contributed by atoms with Crippen LogP contribution in [0.2, 0.25) is 0 Å². The van der Waals surface area contributed by atoms with E-state index in [9.17, 15) is 9.28 Å². The van der Waals surface area contributed by atoms with Gasteiger partial charge in [0.2, 0.25) is 0 Å². The fourth-order valence-corrected chi connectivity index (χ4v) is 1.38. The highest BCUT2D eigenvalue weighted by atomic mass is 19.2. The van der Waals surface area contributed by atoms with Gasteiger partial charge in [-0.1, -0.05) is 12.1 Å². The zero-order valence-electron chi connectivity index (χ0n) is 8.93. The van der Waals surface area contributed by atoms with E-state index in [-0.39, 0.29) is 23.8 Å². The fraction of sp³-hybridized carbons (Fsp3) is 0.364. The average Bonchev–Trinajstić information content (AvgIpc) is 2.27. The van der Waals surface area contributed by atoms with Crippen molar-refractivity contribution < 1.29 is 19.5 Å². The number of hydrogen-bond acceptors (Lipinski definition) is 3. The van der Waals surface area contributed by atoms with Gasteiger partial charge in [-0.05, 0) is 24.6 Å². The molecule has 0 fully saturated rings. The lowest BCUT2D eigenvalue weighted by molar-refractivity contribution is -0.151. The maximum absolute atomic E-state index is 13.2. The number of phenolic OH excluding ortho intramolecular Hbond substituents is 1. The van der Waals surface area contributed by atoms with Crippen molar-refractivity contribution in [2.45, 2.75) is 19.4 Å². The largest absolute Gasteiger partial charge is 0.508 e. The number of aromatic hydroxyl groups is 1. The summed E-state index contributed by atoms with van der Waals surface area (Å²) in [6.45, 7) is 1.57. The zero-order chi connectivity index (χ0) is 12.1. The molecule has 1 rings (SSSR count). The minimum absolute atomic E-state index is 0.0229. The maximum Gasteiger partial charge on any atom is 0.323 e. The van der Waals surface area contributed by atoms with E-state index >= 15 is 0 Å². The van der Waals surface area contributed by atoms with Gasteiger partial charge >= 0.3 is 5.97 Å². The van der Waals surface area contributed by atoms with Gasteiger partial charge in [-0.3, -0.25) is 4.79 Å². The van der Waals surface area contributed by atoms with Crippen molar-refractivity contribution in [3.05, 3.63) is 29.8 Å². The summed E-state index contributed by atoms with van der Waals surface area (Å²) in [5.41, 5.74) is 0.668. The van der Waals surface area contributed by atoms with Gasteiger partial charge in [-0.25, -0.2) is 0 Å². The molecule has 0 saturated carbocycles. The molecule has 0 amide bonds. The van der Waals surface area contributed by atoms with Crippen LogP contribution in [0.15, 0.2) is 24.3 Å². The summed E-state index contributed by atoms with van der Waals surface area (Å²) in [6.07, 6.45) is 0.0694. The molecule has 2 N–H and O–H groups in total. The first-order chi connectivity index (χ1) is 7.54. The Hall–Kier alpha value is -1.62. The quantitative estimate of drug-likeness (QED) is 0.750. The monoisotopic (exact) mass is 227 g/mol. The zero-order valence-corrected chi connectivity index (χ0v) is 8.93. The van der Waals surface area contributed by atoms with Gasteiger partial charge in [0.05, 0.1) is 0 Å². The van der Waals surface area contributed by atoms with Crippen molar-refractivity contribution in [2.24, 2.45) is 0 Å². The minimum Gasteiger partial charge on any atom is -0.508 e. The lowest BCUT2D eigenvalue weighted by Gasteiger charge is -2.18. The Labute approximate surface area is 92.9 Å². The van der Waals surface area contributed by atoms with Crippen LogP contribution in [0.3, 0.4) is 0 Å². The predicted molar refractivity (Wildman–Crippen MR) is 56.7 cm³/mol. The molecule has 0 aliphatic carbocycles. The SMILES string of the molecule is CCN(F)C(Cc1ccc(O)cc1)C(=O)O. The molecule has 1 aromatic carbocycles. The Morgan fingerprint density at radius 3 is 2.44 bits per heavy atom. The topological polar surface area (TPSA) is 60.8 Å². The van der Waals surface area contributed by atoms with E-state index in [0.717, 1.165) is 0 Å². The maximum atomic E-state index is 13.2. The van der Waals surface area contributed by atoms with Crippen LogP contribution in [0.5, 0.6) is 5.75 Å². The van der Waals surface area contributed by atoms with Crippen LogP contribution in [0, 0.1) is 0 Å². The highest BCUT2D eigenvalue weighted by Gasteiger charge is 2.24. The number of carboxylic acids is 1. The molecule has 88 valence electrons. The van der Waals surface area contributed by atoms with E-state index in [1.807, 2.05) is 0 Å². The summed E-state index contributed by atoms with van der Waals surface area (Å²) in [5, 5.41) is 18.2. The van der Waals surface area contributed by atoms with Gasteiger partial charge in [0.25, 0.3) is 0 Å². The first-order valence-electron chi connectivity index (χ1n) is 4.97. The van der Waals surface area contributed by atoms with Crippen LogP contribution in [-0.2, 0) is 11.2 Å². The molecule has 0 aliphatic rings. The van der Waals surface area contributed by atoms with E-state index in [0.29, 0.717) is 5.56 Å². The van der Waals surface area contributed by atoms with Crippen LogP contribution < -0.4 is 0 Å². The molecular formula is C11H14FNO3. The number of halogens is 1. The van der Waals surface area contributed by atoms with Crippen LogP contribution in [0.1, 0.15) is 12.5 Å². The molecule has 1 aromatic rings. The fourth-order valence-electron chi connectivity index (χ4n) is 1.38. The third-order valence-electron chi connectivity index (χ3n) is 2.29. The molecule has 4 nitrogen and oxygen atoms in total. The molecular weight excluding hydrogens is 213 g/mol. The molecule has 0 saturated heterocycles. The van der Waals surface area contributed by atoms with Crippen molar-refractivity contribution in [2.75, 3.05) is 6.54 Å². The number of carboxylic acid groups (broad SMARTS) is 1. The number of carbonyl (C=O) groups is 1. The Balaban J connectivity index is 2.75. The standard InChI is InChI=1S/C11H14FNO3/c1-2-13(12)10(11(15)16)7-8-3-5-9(14)6-4-8/h3-6,10,14H,2,7H2,1H3,(H,15,16). The van der Waals surface area contributed by atoms with Crippen molar-refractivity contribution in [3.63, 3.8) is 0 Å². The number of aliphatic carboxylic acids is 1. The third kappa shape index (κ3) is 3.20. The second kappa shape index (κ2) is 5.46. The van der Waals surface area contributed by atoms with Crippen LogP contribution >= 0.6 is 0 Å². The van der Waals surface area contributed by atoms with E-state index < -0.39 is 12.0 Å². The number of benzene rings is 1. The molecule has 0 aliphatic heterocycles. The van der Waals surface area contributed by atoms with Gasteiger partial charge in [0, 0.05) is 13.0 Å². The number of rotatable bonds is 5. The second-order valence-corrected chi connectivity index (χ2v) is 3.44. The summed E-state index contributed by atoms with van der Waals surface area (Å²) >= 11 is 0. The first-order valence-corrected chi connectivity index (χ1v) is 4.97. The molecule has 0 aromatic heterocycles. The normalized spacial score (nSPS) is 12.7. The highest BCUT2D eigenvalue weighted by Crippen LogP contribution is 2.14. The van der Waals surface area contributed by atoms with Gasteiger partial charge in [0.1, 0.15) is 11.8 Å². The molecule has 5 heteroatoms. The summed E-state index contributed by atoms with van der Waals surface area (Å²) in [6, 6.07) is 4.87. The summed E-state index contributed by atoms with van der Waals surface area (Å²) in [4.78, 5) is 10.8. The molecule has 1 atom stereocenters. The highest BCUT2D eigenvalue weighted by molar-refractivity contribution is 5.73. The number of nitrogens with zero attached hydrogens (tertiary/aromatic N) is 1. The summed E-state index contributed by atoms with van der Waals surface area (Å²) < 4.78 is 13.2.